The lowest BCUT2D eigenvalue weighted by atomic mass is 9.74. The minimum atomic E-state index is -5.91. The Labute approximate surface area is 123 Å². The molecule has 1 N–H and O–H groups in total. The van der Waals surface area contributed by atoms with E-state index in [1.165, 1.54) is 13.8 Å². The van der Waals surface area contributed by atoms with E-state index in [9.17, 15) is 36.2 Å². The zero-order chi connectivity index (χ0) is 17.3. The first-order chi connectivity index (χ1) is 9.82. The van der Waals surface area contributed by atoms with Crippen molar-refractivity contribution in [1.29, 1.82) is 0 Å². The summed E-state index contributed by atoms with van der Waals surface area (Å²) in [4.78, 5) is 11.5. The number of ether oxygens (including phenoxy) is 1. The zero-order valence-corrected chi connectivity index (χ0v) is 12.1. The average Bonchev–Trinajstić information content (AvgIpc) is 2.35. The van der Waals surface area contributed by atoms with Crippen molar-refractivity contribution >= 4 is 5.97 Å². The van der Waals surface area contributed by atoms with Gasteiger partial charge in [-0.05, 0) is 19.3 Å². The third kappa shape index (κ3) is 3.49. The maximum Gasteiger partial charge on any atom is 0.426 e. The maximum absolute atomic E-state index is 12.9. The molecule has 0 radical (unpaired) electrons. The molecule has 2 unspecified atom stereocenters. The van der Waals surface area contributed by atoms with Crippen LogP contribution in [0.1, 0.15) is 39.5 Å². The van der Waals surface area contributed by atoms with Crippen LogP contribution in [0, 0.1) is 11.8 Å². The Bertz CT molecular complexity index is 388. The molecule has 0 amide bonds. The van der Waals surface area contributed by atoms with E-state index in [1.54, 1.807) is 0 Å². The van der Waals surface area contributed by atoms with Gasteiger partial charge < -0.3 is 9.84 Å². The lowest BCUT2D eigenvalue weighted by molar-refractivity contribution is -0.393. The smallest absolute Gasteiger partial charge is 0.426 e. The average molecular weight is 336 g/mol. The molecule has 0 aliphatic heterocycles. The molecular weight excluding hydrogens is 318 g/mol. The number of hydrogen-bond donors (Lipinski definition) is 1. The highest BCUT2D eigenvalue weighted by Crippen LogP contribution is 2.52. The Kier molecular flexibility index (Phi) is 5.42. The molecule has 1 saturated carbocycles. The Hall–Kier alpha value is -0.990. The summed E-state index contributed by atoms with van der Waals surface area (Å²) >= 11 is 0. The number of halogens is 6. The van der Waals surface area contributed by atoms with Crippen molar-refractivity contribution in [2.45, 2.75) is 63.6 Å². The van der Waals surface area contributed by atoms with Crippen molar-refractivity contribution < 1.29 is 41.0 Å². The predicted octanol–water partition coefficient (Wildman–Crippen LogP) is 3.60. The molecule has 0 heterocycles. The van der Waals surface area contributed by atoms with Gasteiger partial charge >= 0.3 is 18.3 Å². The van der Waals surface area contributed by atoms with Crippen LogP contribution in [0.15, 0.2) is 0 Å². The van der Waals surface area contributed by atoms with Gasteiger partial charge in [0.2, 0.25) is 0 Å². The Morgan fingerprint density at radius 1 is 1.05 bits per heavy atom. The van der Waals surface area contributed by atoms with Gasteiger partial charge in [-0.15, -0.1) is 0 Å². The van der Waals surface area contributed by atoms with Crippen molar-refractivity contribution in [2.24, 2.45) is 11.8 Å². The fourth-order valence-corrected chi connectivity index (χ4v) is 2.58. The van der Waals surface area contributed by atoms with Crippen LogP contribution in [0.25, 0.3) is 0 Å². The molecule has 0 bridgehead atoms. The zero-order valence-electron chi connectivity index (χ0n) is 12.1. The van der Waals surface area contributed by atoms with E-state index in [0.717, 1.165) is 0 Å². The minimum Gasteiger partial charge on any atom is -0.462 e. The lowest BCUT2D eigenvalue weighted by Crippen LogP contribution is -2.65. The first-order valence-corrected chi connectivity index (χ1v) is 6.88. The van der Waals surface area contributed by atoms with Crippen molar-refractivity contribution in [2.75, 3.05) is 0 Å². The maximum atomic E-state index is 12.9. The molecule has 2 atom stereocenters. The lowest BCUT2D eigenvalue weighted by Gasteiger charge is -2.43. The molecule has 9 heteroatoms. The van der Waals surface area contributed by atoms with Crippen LogP contribution in [-0.2, 0) is 9.53 Å². The van der Waals surface area contributed by atoms with Crippen LogP contribution in [-0.4, -0.2) is 35.1 Å². The van der Waals surface area contributed by atoms with Gasteiger partial charge in [-0.2, -0.15) is 26.3 Å². The summed E-state index contributed by atoms with van der Waals surface area (Å²) in [5, 5.41) is 9.49. The summed E-state index contributed by atoms with van der Waals surface area (Å²) in [6.07, 6.45) is -13.7. The standard InChI is InChI=1S/C13H18F6O3/c1-7(2)10(20)22-9-6-4-3-5-8(9)11(21,12(14,15)16)13(17,18)19/h7-9,21H,3-6H2,1-2H3. The molecule has 1 aliphatic rings. The molecule has 1 aliphatic carbocycles. The fraction of sp³-hybridized carbons (Fsp3) is 0.923. The Balaban J connectivity index is 3.17. The van der Waals surface area contributed by atoms with Crippen molar-refractivity contribution in [3.63, 3.8) is 0 Å². The van der Waals surface area contributed by atoms with Gasteiger partial charge in [-0.3, -0.25) is 4.79 Å². The quantitative estimate of drug-likeness (QED) is 0.633. The molecule has 3 nitrogen and oxygen atoms in total. The topological polar surface area (TPSA) is 46.5 Å². The third-order valence-corrected chi connectivity index (χ3v) is 3.84. The molecule has 1 fully saturated rings. The Morgan fingerprint density at radius 3 is 1.91 bits per heavy atom. The number of alkyl halides is 6. The Morgan fingerprint density at radius 2 is 1.50 bits per heavy atom. The molecule has 0 aromatic heterocycles. The third-order valence-electron chi connectivity index (χ3n) is 3.84. The van der Waals surface area contributed by atoms with E-state index in [4.69, 9.17) is 4.74 Å². The normalized spacial score (nSPS) is 24.5. The molecule has 0 aromatic carbocycles. The summed E-state index contributed by atoms with van der Waals surface area (Å²) in [6, 6.07) is 0. The number of carbonyl (C=O) groups excluding carboxylic acids is 1. The van der Waals surface area contributed by atoms with Crippen molar-refractivity contribution in [3.05, 3.63) is 0 Å². The van der Waals surface area contributed by atoms with Crippen LogP contribution in [0.3, 0.4) is 0 Å². The van der Waals surface area contributed by atoms with Crippen molar-refractivity contribution in [3.8, 4) is 0 Å². The first kappa shape index (κ1) is 19.1. The van der Waals surface area contributed by atoms with Crippen molar-refractivity contribution in [1.82, 2.24) is 0 Å². The van der Waals surface area contributed by atoms with E-state index >= 15 is 0 Å². The summed E-state index contributed by atoms with van der Waals surface area (Å²) in [6.45, 7) is 2.83. The van der Waals surface area contributed by atoms with Crippen LogP contribution in [0.2, 0.25) is 0 Å². The second-order valence-electron chi connectivity index (χ2n) is 5.78. The number of esters is 1. The molecule has 22 heavy (non-hydrogen) atoms. The number of aliphatic hydroxyl groups is 1. The highest BCUT2D eigenvalue weighted by Gasteiger charge is 2.75. The van der Waals surface area contributed by atoms with Gasteiger partial charge in [0.25, 0.3) is 5.60 Å². The summed E-state index contributed by atoms with van der Waals surface area (Å²) in [7, 11) is 0. The minimum absolute atomic E-state index is 0.0921. The van der Waals surface area contributed by atoms with E-state index in [1.807, 2.05) is 0 Å². The largest absolute Gasteiger partial charge is 0.462 e. The van der Waals surface area contributed by atoms with Crippen LogP contribution < -0.4 is 0 Å². The predicted molar refractivity (Wildman–Crippen MR) is 63.7 cm³/mol. The number of hydrogen-bond acceptors (Lipinski definition) is 3. The molecule has 0 aromatic rings. The molecular formula is C13H18F6O3. The van der Waals surface area contributed by atoms with Gasteiger partial charge in [0.05, 0.1) is 5.92 Å². The van der Waals surface area contributed by atoms with E-state index in [-0.39, 0.29) is 12.8 Å². The van der Waals surface area contributed by atoms with Crippen LogP contribution in [0.5, 0.6) is 0 Å². The van der Waals surface area contributed by atoms with Crippen LogP contribution in [0.4, 0.5) is 26.3 Å². The second kappa shape index (κ2) is 6.25. The number of carbonyl (C=O) groups is 1. The highest BCUT2D eigenvalue weighted by molar-refractivity contribution is 5.71. The molecule has 130 valence electrons. The van der Waals surface area contributed by atoms with E-state index in [0.29, 0.717) is 6.42 Å². The van der Waals surface area contributed by atoms with Gasteiger partial charge in [0, 0.05) is 5.92 Å². The van der Waals surface area contributed by atoms with Gasteiger partial charge in [-0.1, -0.05) is 20.3 Å². The highest BCUT2D eigenvalue weighted by atomic mass is 19.4. The van der Waals surface area contributed by atoms with Crippen LogP contribution >= 0.6 is 0 Å². The summed E-state index contributed by atoms with van der Waals surface area (Å²) < 4.78 is 82.5. The molecule has 1 rings (SSSR count). The van der Waals surface area contributed by atoms with Gasteiger partial charge in [0.1, 0.15) is 6.10 Å². The van der Waals surface area contributed by atoms with E-state index in [2.05, 4.69) is 0 Å². The fourth-order valence-electron chi connectivity index (χ4n) is 2.58. The molecule has 0 spiro atoms. The second-order valence-corrected chi connectivity index (χ2v) is 5.78. The molecule has 0 saturated heterocycles. The van der Waals surface area contributed by atoms with E-state index < -0.39 is 48.3 Å². The summed E-state index contributed by atoms with van der Waals surface area (Å²) in [5.41, 5.74) is -4.89. The summed E-state index contributed by atoms with van der Waals surface area (Å²) in [5.74, 6) is -3.83. The monoisotopic (exact) mass is 336 g/mol. The SMILES string of the molecule is CC(C)C(=O)OC1CCCCC1C(O)(C(F)(F)F)C(F)(F)F. The number of rotatable bonds is 3. The van der Waals surface area contributed by atoms with Gasteiger partial charge in [0.15, 0.2) is 0 Å². The van der Waals surface area contributed by atoms with Gasteiger partial charge in [-0.25, -0.2) is 0 Å². The first-order valence-electron chi connectivity index (χ1n) is 6.88.